The minimum atomic E-state index is -0.0733. The highest BCUT2D eigenvalue weighted by atomic mass is 16.1. The fraction of sp³-hybridized carbons (Fsp3) is 0.455. The van der Waals surface area contributed by atoms with Gasteiger partial charge >= 0.3 is 0 Å². The van der Waals surface area contributed by atoms with E-state index in [4.69, 9.17) is 0 Å². The molecular weight excluding hydrogens is 203 g/mol. The summed E-state index contributed by atoms with van der Waals surface area (Å²) in [4.78, 5) is 26.1. The fourth-order valence-electron chi connectivity index (χ4n) is 2.18. The molecule has 5 heteroatoms. The van der Waals surface area contributed by atoms with E-state index in [0.29, 0.717) is 5.92 Å². The van der Waals surface area contributed by atoms with Crippen LogP contribution in [0.25, 0.3) is 0 Å². The highest BCUT2D eigenvalue weighted by Gasteiger charge is 2.21. The first-order valence-corrected chi connectivity index (χ1v) is 5.51. The van der Waals surface area contributed by atoms with Crippen LogP contribution in [-0.2, 0) is 4.79 Å². The van der Waals surface area contributed by atoms with Crippen molar-refractivity contribution in [2.75, 3.05) is 13.1 Å². The van der Waals surface area contributed by atoms with E-state index < -0.39 is 0 Å². The molecule has 0 aromatic carbocycles. The lowest BCUT2D eigenvalue weighted by Gasteiger charge is -2.31. The lowest BCUT2D eigenvalue weighted by Crippen LogP contribution is -2.37. The summed E-state index contributed by atoms with van der Waals surface area (Å²) in [6.45, 7) is 1.80. The number of nitrogens with zero attached hydrogens (tertiary/aromatic N) is 1. The number of nitrogens with one attached hydrogen (secondary N) is 1. The molecule has 16 heavy (non-hydrogen) atoms. The monoisotopic (exact) mass is 217 g/mol. The lowest BCUT2D eigenvalue weighted by molar-refractivity contribution is 0.327. The van der Waals surface area contributed by atoms with Crippen molar-refractivity contribution >= 4 is 13.6 Å². The number of aromatic amines is 1. The second-order valence-electron chi connectivity index (χ2n) is 4.11. The van der Waals surface area contributed by atoms with E-state index in [1.807, 2.05) is 10.9 Å². The maximum atomic E-state index is 11.0. The summed E-state index contributed by atoms with van der Waals surface area (Å²) in [5, 5.41) is 0. The van der Waals surface area contributed by atoms with Crippen LogP contribution in [0.2, 0.25) is 0 Å². The first-order valence-electron chi connectivity index (χ1n) is 5.51. The van der Waals surface area contributed by atoms with Gasteiger partial charge in [0.15, 0.2) is 0 Å². The maximum Gasteiger partial charge on any atom is 0.293 e. The largest absolute Gasteiger partial charge is 0.339 e. The predicted molar refractivity (Wildman–Crippen MR) is 63.1 cm³/mol. The van der Waals surface area contributed by atoms with Gasteiger partial charge in [0.1, 0.15) is 0 Å². The van der Waals surface area contributed by atoms with Gasteiger partial charge in [-0.15, -0.1) is 0 Å². The Hall–Kier alpha value is -1.36. The number of carbonyl (C=O) groups excluding carboxylic acids is 1. The molecule has 1 saturated heterocycles. The molecule has 2 heterocycles. The van der Waals surface area contributed by atoms with Crippen LogP contribution in [0, 0.1) is 0 Å². The van der Waals surface area contributed by atoms with Crippen molar-refractivity contribution in [2.45, 2.75) is 18.8 Å². The summed E-state index contributed by atoms with van der Waals surface area (Å²) in [5.41, 5.74) is 1.07. The molecule has 1 aromatic heterocycles. The van der Waals surface area contributed by atoms with Crippen LogP contribution in [0.4, 0.5) is 0 Å². The average Bonchev–Trinajstić information content (AvgIpc) is 2.31. The Morgan fingerprint density at radius 3 is 3.06 bits per heavy atom. The molecule has 0 spiro atoms. The molecule has 1 fully saturated rings. The van der Waals surface area contributed by atoms with Crippen molar-refractivity contribution in [2.24, 2.45) is 0 Å². The van der Waals surface area contributed by atoms with E-state index in [1.54, 1.807) is 19.7 Å². The summed E-state index contributed by atoms with van der Waals surface area (Å²) in [6.07, 6.45) is 4.79. The molecule has 0 amide bonds. The van der Waals surface area contributed by atoms with Gasteiger partial charge in [0.2, 0.25) is 5.56 Å². The standard InChI is InChI=1S/C11H14BN2O2/c15-8-12-14-5-1-2-10(7-14)9-3-4-11(16)13-6-9/h3-4,6,8,10H,1-2,5,7H2,(H,13,16). The highest BCUT2D eigenvalue weighted by molar-refractivity contribution is 6.64. The van der Waals surface area contributed by atoms with Crippen LogP contribution in [0.5, 0.6) is 0 Å². The molecule has 0 bridgehead atoms. The second-order valence-corrected chi connectivity index (χ2v) is 4.11. The summed E-state index contributed by atoms with van der Waals surface area (Å²) >= 11 is 0. The number of hydrogen-bond acceptors (Lipinski definition) is 3. The Balaban J connectivity index is 2.06. The van der Waals surface area contributed by atoms with Gasteiger partial charge in [0.05, 0.1) is 6.19 Å². The van der Waals surface area contributed by atoms with E-state index in [2.05, 4.69) is 4.98 Å². The highest BCUT2D eigenvalue weighted by Crippen LogP contribution is 2.24. The molecular formula is C11H14BN2O2. The van der Waals surface area contributed by atoms with Crippen LogP contribution in [-0.4, -0.2) is 36.5 Å². The van der Waals surface area contributed by atoms with Gasteiger partial charge in [-0.05, 0) is 37.4 Å². The Bertz CT molecular complexity index is 398. The third kappa shape index (κ3) is 2.61. The molecule has 4 nitrogen and oxygen atoms in total. The molecule has 1 atom stereocenters. The van der Waals surface area contributed by atoms with Crippen molar-refractivity contribution in [3.05, 3.63) is 34.2 Å². The maximum absolute atomic E-state index is 11.0. The van der Waals surface area contributed by atoms with E-state index in [0.717, 1.165) is 37.7 Å². The molecule has 1 aromatic rings. The fourth-order valence-corrected chi connectivity index (χ4v) is 2.18. The zero-order chi connectivity index (χ0) is 11.4. The third-order valence-electron chi connectivity index (χ3n) is 3.00. The number of rotatable bonds is 3. The van der Waals surface area contributed by atoms with Gasteiger partial charge < -0.3 is 14.6 Å². The molecule has 1 unspecified atom stereocenters. The Morgan fingerprint density at radius 2 is 2.38 bits per heavy atom. The summed E-state index contributed by atoms with van der Waals surface area (Å²) in [5.74, 6) is 0.404. The number of H-pyrrole nitrogens is 1. The molecule has 1 aliphatic heterocycles. The van der Waals surface area contributed by atoms with Gasteiger partial charge in [0.25, 0.3) is 7.41 Å². The van der Waals surface area contributed by atoms with Gasteiger partial charge in [-0.25, -0.2) is 0 Å². The van der Waals surface area contributed by atoms with Gasteiger partial charge in [0, 0.05) is 12.3 Å². The molecule has 0 saturated carbocycles. The molecule has 2 rings (SSSR count). The van der Waals surface area contributed by atoms with Gasteiger partial charge in [-0.1, -0.05) is 6.07 Å². The summed E-state index contributed by atoms with van der Waals surface area (Å²) < 4.78 is 0. The van der Waals surface area contributed by atoms with Crippen LogP contribution in [0.15, 0.2) is 23.1 Å². The van der Waals surface area contributed by atoms with Crippen molar-refractivity contribution in [3.8, 4) is 0 Å². The Labute approximate surface area is 94.9 Å². The zero-order valence-electron chi connectivity index (χ0n) is 9.06. The smallest absolute Gasteiger partial charge is 0.293 e. The third-order valence-corrected chi connectivity index (χ3v) is 3.00. The molecule has 0 aliphatic carbocycles. The van der Waals surface area contributed by atoms with Gasteiger partial charge in [-0.2, -0.15) is 0 Å². The predicted octanol–water partition coefficient (Wildman–Crippen LogP) is 0.364. The SMILES string of the molecule is O=C[B]N1CCCC(c2ccc(=O)[nH]c2)C1. The van der Waals surface area contributed by atoms with E-state index >= 15 is 0 Å². The lowest BCUT2D eigenvalue weighted by atomic mass is 9.84. The summed E-state index contributed by atoms with van der Waals surface area (Å²) in [7, 11) is 1.60. The topological polar surface area (TPSA) is 53.2 Å². The van der Waals surface area contributed by atoms with Crippen LogP contribution in [0.3, 0.4) is 0 Å². The Kier molecular flexibility index (Phi) is 3.56. The Morgan fingerprint density at radius 1 is 1.50 bits per heavy atom. The van der Waals surface area contributed by atoms with Crippen molar-refractivity contribution in [1.82, 2.24) is 9.79 Å². The number of piperidine rings is 1. The average molecular weight is 217 g/mol. The molecule has 1 radical (unpaired) electrons. The number of aromatic nitrogens is 1. The quantitative estimate of drug-likeness (QED) is 0.587. The molecule has 1 N–H and O–H groups in total. The van der Waals surface area contributed by atoms with Crippen molar-refractivity contribution in [1.29, 1.82) is 0 Å². The van der Waals surface area contributed by atoms with Crippen molar-refractivity contribution in [3.63, 3.8) is 0 Å². The normalized spacial score (nSPS) is 21.6. The zero-order valence-corrected chi connectivity index (χ0v) is 9.06. The number of carbonyl (C=O) groups is 1. The van der Waals surface area contributed by atoms with Gasteiger partial charge in [-0.3, -0.25) is 4.79 Å². The van der Waals surface area contributed by atoms with Crippen LogP contribution >= 0.6 is 0 Å². The first-order chi connectivity index (χ1) is 7.79. The minimum Gasteiger partial charge on any atom is -0.339 e. The minimum absolute atomic E-state index is 0.0733. The number of pyridine rings is 1. The molecule has 1 aliphatic rings. The van der Waals surface area contributed by atoms with Crippen LogP contribution < -0.4 is 5.56 Å². The van der Waals surface area contributed by atoms with E-state index in [-0.39, 0.29) is 5.56 Å². The summed E-state index contributed by atoms with van der Waals surface area (Å²) in [6, 6.07) is 3.42. The first kappa shape index (κ1) is 11.1. The van der Waals surface area contributed by atoms with Crippen LogP contribution in [0.1, 0.15) is 24.3 Å². The van der Waals surface area contributed by atoms with Crippen molar-refractivity contribution < 1.29 is 4.79 Å². The second kappa shape index (κ2) is 5.12. The molecule has 83 valence electrons. The van der Waals surface area contributed by atoms with E-state index in [1.165, 1.54) is 0 Å². The number of hydrogen-bond donors (Lipinski definition) is 1. The van der Waals surface area contributed by atoms with E-state index in [9.17, 15) is 9.59 Å².